The van der Waals surface area contributed by atoms with E-state index in [2.05, 4.69) is 10.1 Å². The molecule has 0 heterocycles. The number of nitriles is 1. The molecule has 0 aromatic heterocycles. The van der Waals surface area contributed by atoms with Crippen molar-refractivity contribution >= 4 is 11.7 Å². The highest BCUT2D eigenvalue weighted by atomic mass is 16.5. The maximum absolute atomic E-state index is 11.2. The average molecular weight is 260 g/mol. The molecule has 1 rings (SSSR count). The third kappa shape index (κ3) is 4.72. The summed E-state index contributed by atoms with van der Waals surface area (Å²) in [6.07, 6.45) is 1.42. The number of nitrogens with zero attached hydrogens (tertiary/aromatic N) is 1. The molecule has 5 heteroatoms. The SMILES string of the molecule is COC(=O)/C(C#N)=C\Nc1ccc(OC(C)C)cc1. The lowest BCUT2D eigenvalue weighted by Crippen LogP contribution is -2.06. The van der Waals surface area contributed by atoms with Gasteiger partial charge in [0.25, 0.3) is 0 Å². The Morgan fingerprint density at radius 2 is 2.00 bits per heavy atom. The largest absolute Gasteiger partial charge is 0.491 e. The summed E-state index contributed by atoms with van der Waals surface area (Å²) < 4.78 is 9.97. The number of anilines is 1. The van der Waals surface area contributed by atoms with Crippen LogP contribution in [-0.2, 0) is 9.53 Å². The van der Waals surface area contributed by atoms with E-state index in [0.29, 0.717) is 0 Å². The van der Waals surface area contributed by atoms with Crippen LogP contribution >= 0.6 is 0 Å². The van der Waals surface area contributed by atoms with E-state index in [0.717, 1.165) is 11.4 Å². The number of hydrogen-bond acceptors (Lipinski definition) is 5. The minimum absolute atomic E-state index is 0.0926. The number of carbonyl (C=O) groups is 1. The molecule has 0 saturated carbocycles. The van der Waals surface area contributed by atoms with Crippen LogP contribution in [0.3, 0.4) is 0 Å². The molecule has 0 spiro atoms. The standard InChI is InChI=1S/C14H16N2O3/c1-10(2)19-13-6-4-12(5-7-13)16-9-11(8-15)14(17)18-3/h4-7,9-10,16H,1-3H3/b11-9-. The molecule has 1 N–H and O–H groups in total. The van der Waals surface area contributed by atoms with Gasteiger partial charge < -0.3 is 14.8 Å². The molecule has 1 aromatic carbocycles. The van der Waals surface area contributed by atoms with Gasteiger partial charge in [-0.15, -0.1) is 0 Å². The van der Waals surface area contributed by atoms with E-state index in [1.807, 2.05) is 13.8 Å². The maximum atomic E-state index is 11.2. The van der Waals surface area contributed by atoms with Crippen molar-refractivity contribution in [1.82, 2.24) is 0 Å². The van der Waals surface area contributed by atoms with Gasteiger partial charge in [0.1, 0.15) is 11.8 Å². The molecule has 0 radical (unpaired) electrons. The summed E-state index contributed by atoms with van der Waals surface area (Å²) in [4.78, 5) is 11.2. The highest BCUT2D eigenvalue weighted by molar-refractivity contribution is 5.92. The quantitative estimate of drug-likeness (QED) is 0.500. The highest BCUT2D eigenvalue weighted by Crippen LogP contribution is 2.17. The number of nitrogens with one attached hydrogen (secondary N) is 1. The van der Waals surface area contributed by atoms with Gasteiger partial charge in [0.05, 0.1) is 13.2 Å². The Hall–Kier alpha value is -2.48. The molecule has 0 amide bonds. The van der Waals surface area contributed by atoms with Crippen molar-refractivity contribution in [2.24, 2.45) is 0 Å². The Morgan fingerprint density at radius 3 is 2.47 bits per heavy atom. The molecular formula is C14H16N2O3. The predicted molar refractivity (Wildman–Crippen MR) is 71.5 cm³/mol. The second kappa shape index (κ2) is 7.07. The van der Waals surface area contributed by atoms with E-state index in [4.69, 9.17) is 10.00 Å². The van der Waals surface area contributed by atoms with E-state index >= 15 is 0 Å². The second-order valence-electron chi connectivity index (χ2n) is 4.00. The zero-order valence-corrected chi connectivity index (χ0v) is 11.1. The van der Waals surface area contributed by atoms with Crippen molar-refractivity contribution < 1.29 is 14.3 Å². The summed E-state index contributed by atoms with van der Waals surface area (Å²) in [5, 5.41) is 11.6. The molecule has 0 aliphatic carbocycles. The molecule has 1 aromatic rings. The number of carbonyl (C=O) groups excluding carboxylic acids is 1. The monoisotopic (exact) mass is 260 g/mol. The fourth-order valence-corrected chi connectivity index (χ4v) is 1.30. The van der Waals surface area contributed by atoms with Crippen molar-refractivity contribution in [3.63, 3.8) is 0 Å². The number of ether oxygens (including phenoxy) is 2. The minimum Gasteiger partial charge on any atom is -0.491 e. The summed E-state index contributed by atoms with van der Waals surface area (Å²) >= 11 is 0. The number of hydrogen-bond donors (Lipinski definition) is 1. The van der Waals surface area contributed by atoms with Crippen molar-refractivity contribution in [1.29, 1.82) is 5.26 Å². The first-order valence-corrected chi connectivity index (χ1v) is 5.78. The second-order valence-corrected chi connectivity index (χ2v) is 4.00. The Balaban J connectivity index is 2.70. The third-order valence-electron chi connectivity index (χ3n) is 2.14. The van der Waals surface area contributed by atoms with Crippen molar-refractivity contribution in [3.05, 3.63) is 36.0 Å². The van der Waals surface area contributed by atoms with Crippen LogP contribution in [0.1, 0.15) is 13.8 Å². The average Bonchev–Trinajstić information content (AvgIpc) is 2.40. The van der Waals surface area contributed by atoms with E-state index in [1.165, 1.54) is 13.3 Å². The first kappa shape index (κ1) is 14.6. The first-order chi connectivity index (χ1) is 9.06. The molecule has 0 unspecified atom stereocenters. The summed E-state index contributed by atoms with van der Waals surface area (Å²) in [6.45, 7) is 3.90. The smallest absolute Gasteiger partial charge is 0.350 e. The van der Waals surface area contributed by atoms with Gasteiger partial charge in [-0.1, -0.05) is 0 Å². The lowest BCUT2D eigenvalue weighted by Gasteiger charge is -2.10. The Labute approximate surface area is 112 Å². The Kier molecular flexibility index (Phi) is 5.42. The van der Waals surface area contributed by atoms with Gasteiger partial charge in [-0.2, -0.15) is 5.26 Å². The van der Waals surface area contributed by atoms with Crippen LogP contribution in [-0.4, -0.2) is 19.2 Å². The molecule has 0 saturated heterocycles. The molecule has 0 bridgehead atoms. The van der Waals surface area contributed by atoms with Gasteiger partial charge in [0.15, 0.2) is 5.57 Å². The lowest BCUT2D eigenvalue weighted by molar-refractivity contribution is -0.135. The molecule has 0 fully saturated rings. The van der Waals surface area contributed by atoms with Crippen LogP contribution in [0, 0.1) is 11.3 Å². The third-order valence-corrected chi connectivity index (χ3v) is 2.14. The van der Waals surface area contributed by atoms with E-state index < -0.39 is 5.97 Å². The first-order valence-electron chi connectivity index (χ1n) is 5.78. The number of methoxy groups -OCH3 is 1. The molecule has 0 aliphatic rings. The van der Waals surface area contributed by atoms with Crippen LogP contribution in [0.5, 0.6) is 5.75 Å². The normalized spacial score (nSPS) is 10.8. The minimum atomic E-state index is -0.672. The molecule has 5 nitrogen and oxygen atoms in total. The van der Waals surface area contributed by atoms with Crippen LogP contribution in [0.25, 0.3) is 0 Å². The highest BCUT2D eigenvalue weighted by Gasteiger charge is 2.07. The van der Waals surface area contributed by atoms with Crippen molar-refractivity contribution in [3.8, 4) is 11.8 Å². The topological polar surface area (TPSA) is 71.4 Å². The van der Waals surface area contributed by atoms with Gasteiger partial charge in [0.2, 0.25) is 0 Å². The van der Waals surface area contributed by atoms with Crippen LogP contribution in [0.4, 0.5) is 5.69 Å². The van der Waals surface area contributed by atoms with Crippen LogP contribution in [0.15, 0.2) is 36.0 Å². The summed E-state index contributed by atoms with van der Waals surface area (Å²) in [5.41, 5.74) is 0.651. The fourth-order valence-electron chi connectivity index (χ4n) is 1.30. The van der Waals surface area contributed by atoms with Gasteiger partial charge in [-0.3, -0.25) is 0 Å². The summed E-state index contributed by atoms with van der Waals surface area (Å²) in [6, 6.07) is 8.96. The fraction of sp³-hybridized carbons (Fsp3) is 0.286. The molecule has 0 atom stereocenters. The van der Waals surface area contributed by atoms with E-state index in [1.54, 1.807) is 30.3 Å². The summed E-state index contributed by atoms with van der Waals surface area (Å²) in [7, 11) is 1.23. The van der Waals surface area contributed by atoms with E-state index in [9.17, 15) is 4.79 Å². The van der Waals surface area contributed by atoms with Gasteiger partial charge in [-0.05, 0) is 38.1 Å². The molecule has 100 valence electrons. The Morgan fingerprint density at radius 1 is 1.37 bits per heavy atom. The lowest BCUT2D eigenvalue weighted by atomic mass is 10.3. The van der Waals surface area contributed by atoms with E-state index in [-0.39, 0.29) is 11.7 Å². The predicted octanol–water partition coefficient (Wildman–Crippen LogP) is 2.47. The zero-order valence-electron chi connectivity index (χ0n) is 11.1. The van der Waals surface area contributed by atoms with Crippen LogP contribution in [0.2, 0.25) is 0 Å². The van der Waals surface area contributed by atoms with Gasteiger partial charge in [-0.25, -0.2) is 4.79 Å². The van der Waals surface area contributed by atoms with Gasteiger partial charge >= 0.3 is 5.97 Å². The number of benzene rings is 1. The number of rotatable bonds is 5. The summed E-state index contributed by atoms with van der Waals surface area (Å²) in [5.74, 6) is 0.0905. The molecule has 19 heavy (non-hydrogen) atoms. The number of esters is 1. The molecule has 0 aliphatic heterocycles. The zero-order chi connectivity index (χ0) is 14.3. The van der Waals surface area contributed by atoms with Gasteiger partial charge in [0, 0.05) is 11.9 Å². The van der Waals surface area contributed by atoms with Crippen molar-refractivity contribution in [2.75, 3.05) is 12.4 Å². The van der Waals surface area contributed by atoms with Crippen molar-refractivity contribution in [2.45, 2.75) is 20.0 Å². The van der Waals surface area contributed by atoms with Crippen LogP contribution < -0.4 is 10.1 Å². The Bertz CT molecular complexity index is 498. The molecular weight excluding hydrogens is 244 g/mol. The maximum Gasteiger partial charge on any atom is 0.350 e.